The Morgan fingerprint density at radius 1 is 0.303 bits per heavy atom. The number of hydrogen-bond acceptors (Lipinski definition) is 8. The van der Waals surface area contributed by atoms with Crippen LogP contribution in [-0.2, 0) is 33.3 Å². The summed E-state index contributed by atoms with van der Waals surface area (Å²) >= 11 is 0. The van der Waals surface area contributed by atoms with E-state index in [0.717, 1.165) is 135 Å². The van der Waals surface area contributed by atoms with Gasteiger partial charge in [0.1, 0.15) is 13.2 Å². The fourth-order valence-corrected chi connectivity index (χ4v) is 10.9. The van der Waals surface area contributed by atoms with Gasteiger partial charge in [0, 0.05) is 12.8 Å². The van der Waals surface area contributed by atoms with Crippen LogP contribution in [0.3, 0.4) is 0 Å². The molecule has 0 radical (unpaired) electrons. The van der Waals surface area contributed by atoms with Gasteiger partial charge < -0.3 is 33.3 Å². The number of hydrogen-bond donors (Lipinski definition) is 0. The molecule has 0 aliphatic heterocycles. The van der Waals surface area contributed by atoms with Gasteiger partial charge in [-0.25, -0.2) is 0 Å². The van der Waals surface area contributed by atoms with Gasteiger partial charge in [0.05, 0.1) is 40.3 Å². The number of quaternary nitrogens is 1. The Bertz CT molecular complexity index is 2240. The lowest BCUT2D eigenvalue weighted by Gasteiger charge is -2.26. The van der Waals surface area contributed by atoms with Crippen LogP contribution in [0.5, 0.6) is 0 Å². The lowest BCUT2D eigenvalue weighted by molar-refractivity contribution is -0.870. The van der Waals surface area contributed by atoms with Crippen LogP contribution in [0.4, 0.5) is 0 Å². The molecule has 0 aromatic carbocycles. The van der Waals surface area contributed by atoms with Crippen LogP contribution in [0.25, 0.3) is 0 Å². The highest BCUT2D eigenvalue weighted by Crippen LogP contribution is 2.18. The Kier molecular flexibility index (Phi) is 74.1. The third-order valence-electron chi connectivity index (χ3n) is 17.0. The van der Waals surface area contributed by atoms with Gasteiger partial charge in [-0.05, 0) is 128 Å². The molecule has 0 saturated carbocycles. The maximum Gasteiger partial charge on any atom is 0.306 e. The summed E-state index contributed by atoms with van der Waals surface area (Å²) in [6.45, 7) is 4.52. The van der Waals surface area contributed by atoms with Crippen molar-refractivity contribution in [1.29, 1.82) is 0 Å². The average molecular weight is 1370 g/mol. The van der Waals surface area contributed by atoms with Gasteiger partial charge in [-0.15, -0.1) is 0 Å². The molecule has 0 amide bonds. The van der Waals surface area contributed by atoms with Crippen molar-refractivity contribution in [3.05, 3.63) is 170 Å². The van der Waals surface area contributed by atoms with Crippen molar-refractivity contribution >= 4 is 17.9 Å². The van der Waals surface area contributed by atoms with Gasteiger partial charge in [0.15, 0.2) is 12.4 Å². The second-order valence-corrected chi connectivity index (χ2v) is 27.6. The number of unbranched alkanes of at least 4 members (excludes halogenated alkanes) is 30. The minimum absolute atomic E-state index is 0.139. The largest absolute Gasteiger partial charge is 0.545 e. The summed E-state index contributed by atoms with van der Waals surface area (Å²) in [6, 6.07) is 0. The van der Waals surface area contributed by atoms with Gasteiger partial charge in [0.25, 0.3) is 0 Å². The lowest BCUT2D eigenvalue weighted by atomic mass is 10.0. The van der Waals surface area contributed by atoms with E-state index in [9.17, 15) is 19.5 Å². The molecule has 9 nitrogen and oxygen atoms in total. The average Bonchev–Trinajstić information content (AvgIpc) is 1.16. The van der Waals surface area contributed by atoms with E-state index >= 15 is 0 Å². The van der Waals surface area contributed by atoms with E-state index in [1.165, 1.54) is 154 Å². The topological polar surface area (TPSA) is 111 Å². The van der Waals surface area contributed by atoms with Gasteiger partial charge in [-0.1, -0.05) is 351 Å². The van der Waals surface area contributed by atoms with Crippen molar-refractivity contribution in [1.82, 2.24) is 0 Å². The summed E-state index contributed by atoms with van der Waals surface area (Å²) in [6.07, 6.45) is 115. The molecule has 2 unspecified atom stereocenters. The second-order valence-electron chi connectivity index (χ2n) is 27.6. The normalized spacial score (nSPS) is 13.6. The molecule has 0 N–H and O–H groups in total. The molecule has 0 rings (SSSR count). The molecule has 0 spiro atoms. The van der Waals surface area contributed by atoms with Crippen LogP contribution < -0.4 is 5.11 Å². The number of nitrogens with zero attached hydrogens (tertiary/aromatic N) is 1. The number of likely N-dealkylation sites (N-methyl/N-ethyl adjacent to an activating group) is 1. The Morgan fingerprint density at radius 2 is 0.545 bits per heavy atom. The minimum atomic E-state index is -1.63. The number of aliphatic carboxylic acids is 1. The maximum absolute atomic E-state index is 13.0. The first-order chi connectivity index (χ1) is 48.6. The summed E-state index contributed by atoms with van der Waals surface area (Å²) in [7, 11) is 5.93. The Balaban J connectivity index is 4.07. The van der Waals surface area contributed by atoms with E-state index in [-0.39, 0.29) is 38.6 Å². The van der Waals surface area contributed by atoms with Crippen LogP contribution >= 0.6 is 0 Å². The smallest absolute Gasteiger partial charge is 0.306 e. The predicted octanol–water partition coefficient (Wildman–Crippen LogP) is 24.8. The molecule has 0 aromatic rings. The zero-order chi connectivity index (χ0) is 71.8. The summed E-state index contributed by atoms with van der Waals surface area (Å²) in [5.74, 6) is -2.30. The number of carbonyl (C=O) groups is 3. The van der Waals surface area contributed by atoms with Crippen LogP contribution in [0.2, 0.25) is 0 Å². The Hall–Kier alpha value is -5.35. The van der Waals surface area contributed by atoms with Gasteiger partial charge >= 0.3 is 11.9 Å². The van der Waals surface area contributed by atoms with Crippen LogP contribution in [0.15, 0.2) is 170 Å². The molecule has 0 aliphatic carbocycles. The highest BCUT2D eigenvalue weighted by molar-refractivity contribution is 5.70. The first-order valence-electron chi connectivity index (χ1n) is 40.3. The molecule has 0 bridgehead atoms. The SMILES string of the molecule is CC/C=C\C/C=C\C/C=C\C/C=C\C/C=C\C/C=C\C/C=C\C/C=C\C/C=C\CCCCCCCCCC(=O)OC(COC(=O)CCCCCCCCCCCCCCCCCCCCCCCCC/C=C\C/C=C\C/C=C\C/C=C\C/C=C\CC)COC(OCC[N+](C)(C)C)C(=O)[O-]. The Labute approximate surface area is 609 Å². The fourth-order valence-electron chi connectivity index (χ4n) is 10.9. The van der Waals surface area contributed by atoms with E-state index in [1.54, 1.807) is 0 Å². The third-order valence-corrected chi connectivity index (χ3v) is 17.0. The summed E-state index contributed by atoms with van der Waals surface area (Å²) < 4.78 is 22.8. The monoisotopic (exact) mass is 1370 g/mol. The number of allylic oxidation sites excluding steroid dienone is 28. The molecule has 99 heavy (non-hydrogen) atoms. The van der Waals surface area contributed by atoms with Crippen molar-refractivity contribution in [3.63, 3.8) is 0 Å². The van der Waals surface area contributed by atoms with E-state index in [2.05, 4.69) is 184 Å². The van der Waals surface area contributed by atoms with E-state index < -0.39 is 24.3 Å². The summed E-state index contributed by atoms with van der Waals surface area (Å²) in [4.78, 5) is 37.6. The maximum atomic E-state index is 13.0. The number of carbonyl (C=O) groups excluding carboxylic acids is 3. The van der Waals surface area contributed by atoms with Crippen molar-refractivity contribution in [2.24, 2.45) is 0 Å². The van der Waals surface area contributed by atoms with Gasteiger partial charge in [0.2, 0.25) is 0 Å². The summed E-state index contributed by atoms with van der Waals surface area (Å²) in [5, 5.41) is 11.9. The van der Waals surface area contributed by atoms with E-state index in [1.807, 2.05) is 21.1 Å². The van der Waals surface area contributed by atoms with E-state index in [4.69, 9.17) is 18.9 Å². The molecule has 0 aliphatic rings. The van der Waals surface area contributed by atoms with Crippen molar-refractivity contribution in [2.45, 2.75) is 334 Å². The molecule has 9 heteroatoms. The number of rotatable bonds is 73. The molecule has 0 fully saturated rings. The number of carboxylic acid groups (broad SMARTS) is 1. The molecule has 0 saturated heterocycles. The Morgan fingerprint density at radius 3 is 0.808 bits per heavy atom. The number of esters is 2. The molecular formula is C90H149NO8. The quantitative estimate of drug-likeness (QED) is 0.0195. The second kappa shape index (κ2) is 78.4. The fraction of sp³-hybridized carbons (Fsp3) is 0.656. The van der Waals surface area contributed by atoms with E-state index in [0.29, 0.717) is 17.4 Å². The molecule has 562 valence electrons. The highest BCUT2D eigenvalue weighted by Gasteiger charge is 2.22. The standard InChI is InChI=1S/C90H149NO8/c1-6-8-10-12-14-16-18-20-22-24-26-28-30-32-34-36-38-40-42-43-44-45-47-48-50-52-54-56-58-60-62-64-66-68-70-72-74-76-78-80-87(92)97-84-86(85-98-90(89(94)95)96-83-82-91(3,4)5)99-88(93)81-79-77-75-73-71-69-67-65-63-61-59-57-55-53-51-49-46-41-39-37-35-33-31-29-27-25-23-21-19-17-15-13-11-9-7-2/h8-11,14-17,20-23,26-29,32-35,39,41,49,51,55,57,61,63,86,90H,6-7,12-13,18-19,24-25,30-31,36-38,40,42-48,50,52-54,56,58-60,62,64-85H2,1-5H3/b10-8-,11-9-,16-14-,17-15-,22-20-,23-21-,28-26-,29-27-,34-32-,35-33-,41-39-,51-49-,57-55-,63-61-. The molecule has 0 heterocycles. The molecule has 0 aromatic heterocycles. The van der Waals surface area contributed by atoms with Crippen molar-refractivity contribution < 1.29 is 42.9 Å². The number of ether oxygens (including phenoxy) is 4. The first-order valence-corrected chi connectivity index (χ1v) is 40.3. The summed E-state index contributed by atoms with van der Waals surface area (Å²) in [5.41, 5.74) is 0. The predicted molar refractivity (Wildman–Crippen MR) is 425 cm³/mol. The zero-order valence-electron chi connectivity index (χ0n) is 64.3. The zero-order valence-corrected chi connectivity index (χ0v) is 64.3. The van der Waals surface area contributed by atoms with Crippen LogP contribution in [-0.4, -0.2) is 82.3 Å². The third kappa shape index (κ3) is 79.8. The number of carboxylic acids is 1. The van der Waals surface area contributed by atoms with Crippen molar-refractivity contribution in [3.8, 4) is 0 Å². The molecule has 2 atom stereocenters. The van der Waals surface area contributed by atoms with Gasteiger partial charge in [-0.2, -0.15) is 0 Å². The van der Waals surface area contributed by atoms with Crippen molar-refractivity contribution in [2.75, 3.05) is 47.5 Å². The first kappa shape index (κ1) is 93.6. The minimum Gasteiger partial charge on any atom is -0.545 e. The van der Waals surface area contributed by atoms with Gasteiger partial charge in [-0.3, -0.25) is 9.59 Å². The van der Waals surface area contributed by atoms with Crippen LogP contribution in [0.1, 0.15) is 322 Å². The molecular weight excluding hydrogens is 1220 g/mol. The van der Waals surface area contributed by atoms with Crippen LogP contribution in [0, 0.1) is 0 Å². The lowest BCUT2D eigenvalue weighted by Crippen LogP contribution is -2.44. The highest BCUT2D eigenvalue weighted by atomic mass is 16.7.